The molecule has 4 N–H and O–H groups in total. The van der Waals surface area contributed by atoms with Gasteiger partial charge in [0.2, 0.25) is 6.79 Å². The minimum atomic E-state index is -0.647. The molecule has 0 saturated heterocycles. The zero-order chi connectivity index (χ0) is 20.1. The second-order valence-corrected chi connectivity index (χ2v) is 7.05. The number of imidazole rings is 1. The monoisotopic (exact) mass is 395 g/mol. The van der Waals surface area contributed by atoms with Gasteiger partial charge in [-0.3, -0.25) is 4.57 Å². The molecule has 0 saturated carbocycles. The van der Waals surface area contributed by atoms with Crippen molar-refractivity contribution in [3.63, 3.8) is 0 Å². The number of anilines is 1. The van der Waals surface area contributed by atoms with E-state index in [1.807, 2.05) is 35.0 Å². The topological polar surface area (TPSA) is 112 Å². The van der Waals surface area contributed by atoms with Crippen LogP contribution in [0.2, 0.25) is 0 Å². The molecule has 0 aliphatic carbocycles. The van der Waals surface area contributed by atoms with Gasteiger partial charge in [0.05, 0.1) is 5.66 Å². The molecule has 0 bridgehead atoms. The highest BCUT2D eigenvalue weighted by Crippen LogP contribution is 2.32. The molecule has 0 fully saturated rings. The quantitative estimate of drug-likeness (QED) is 0.472. The minimum absolute atomic E-state index is 0.276. The molecule has 3 heterocycles. The van der Waals surface area contributed by atoms with Crippen molar-refractivity contribution < 1.29 is 9.47 Å². The molecule has 9 heteroatoms. The summed E-state index contributed by atoms with van der Waals surface area (Å²) in [6.45, 7) is 3.63. The fourth-order valence-electron chi connectivity index (χ4n) is 3.33. The van der Waals surface area contributed by atoms with Crippen LogP contribution in [0.3, 0.4) is 0 Å². The van der Waals surface area contributed by atoms with Crippen molar-refractivity contribution in [3.8, 4) is 17.3 Å². The summed E-state index contributed by atoms with van der Waals surface area (Å²) in [5.41, 5.74) is 7.13. The molecule has 9 nitrogen and oxygen atoms in total. The molecule has 1 unspecified atom stereocenters. The second kappa shape index (κ2) is 8.46. The van der Waals surface area contributed by atoms with Gasteiger partial charge in [0.15, 0.2) is 11.5 Å². The van der Waals surface area contributed by atoms with Gasteiger partial charge in [-0.15, -0.1) is 0 Å². The molecule has 0 radical (unpaired) electrons. The Bertz CT molecular complexity index is 948. The van der Waals surface area contributed by atoms with Gasteiger partial charge in [0.25, 0.3) is 0 Å². The average molecular weight is 395 g/mol. The largest absolute Gasteiger partial charge is 0.454 e. The molecule has 3 aromatic rings. The summed E-state index contributed by atoms with van der Waals surface area (Å²) in [5.74, 6) is 2.96. The summed E-state index contributed by atoms with van der Waals surface area (Å²) in [5, 5.41) is 6.81. The number of hydrogen-bond donors (Lipinski definition) is 3. The van der Waals surface area contributed by atoms with Gasteiger partial charge < -0.3 is 25.8 Å². The van der Waals surface area contributed by atoms with Gasteiger partial charge in [-0.1, -0.05) is 19.4 Å². The van der Waals surface area contributed by atoms with Crippen molar-refractivity contribution in [3.05, 3.63) is 54.9 Å². The van der Waals surface area contributed by atoms with Gasteiger partial charge >= 0.3 is 0 Å². The molecule has 1 atom stereocenters. The van der Waals surface area contributed by atoms with E-state index in [2.05, 4.69) is 32.5 Å². The van der Waals surface area contributed by atoms with Crippen molar-refractivity contribution in [2.75, 3.05) is 18.7 Å². The molecule has 4 rings (SSSR count). The maximum absolute atomic E-state index is 6.67. The van der Waals surface area contributed by atoms with Crippen molar-refractivity contribution in [1.29, 1.82) is 0 Å². The molecule has 2 aromatic heterocycles. The maximum Gasteiger partial charge on any atom is 0.231 e. The zero-order valence-corrected chi connectivity index (χ0v) is 16.3. The zero-order valence-electron chi connectivity index (χ0n) is 16.3. The van der Waals surface area contributed by atoms with Gasteiger partial charge in [-0.05, 0) is 24.1 Å². The fraction of sp³-hybridized carbons (Fsp3) is 0.350. The first-order valence-electron chi connectivity index (χ1n) is 9.62. The molecule has 1 aliphatic heterocycles. The predicted molar refractivity (Wildman–Crippen MR) is 109 cm³/mol. The highest BCUT2D eigenvalue weighted by atomic mass is 16.7. The van der Waals surface area contributed by atoms with Crippen molar-refractivity contribution >= 4 is 5.82 Å². The van der Waals surface area contributed by atoms with E-state index in [1.54, 1.807) is 12.5 Å². The van der Waals surface area contributed by atoms with Crippen LogP contribution < -0.4 is 25.8 Å². The van der Waals surface area contributed by atoms with Crippen molar-refractivity contribution in [2.45, 2.75) is 32.0 Å². The van der Waals surface area contributed by atoms with Crippen LogP contribution in [0.1, 0.15) is 25.3 Å². The highest BCUT2D eigenvalue weighted by molar-refractivity contribution is 5.45. The molecular weight excluding hydrogens is 370 g/mol. The van der Waals surface area contributed by atoms with Crippen LogP contribution in [-0.2, 0) is 6.54 Å². The number of rotatable bonds is 9. The van der Waals surface area contributed by atoms with Crippen LogP contribution in [-0.4, -0.2) is 38.5 Å². The van der Waals surface area contributed by atoms with E-state index in [-0.39, 0.29) is 6.79 Å². The first-order valence-corrected chi connectivity index (χ1v) is 9.62. The average Bonchev–Trinajstić information content (AvgIpc) is 3.40. The van der Waals surface area contributed by atoms with Gasteiger partial charge in [-0.25, -0.2) is 15.0 Å². The van der Waals surface area contributed by atoms with E-state index in [1.165, 1.54) is 6.33 Å². The molecule has 0 spiro atoms. The third-order valence-electron chi connectivity index (χ3n) is 4.70. The Balaban J connectivity index is 1.40. The standard InChI is InChI=1S/C20H25N7O2/c1-2-5-20(21,11-23-10-15-3-4-16-17(8-15)29-14-28-16)26-18-9-19(25-12-24-18)27-7-6-22-13-27/h3-4,6-9,12-13,23H,2,5,10-11,14,21H2,1H3,(H,24,25,26). The van der Waals surface area contributed by atoms with Crippen LogP contribution in [0.5, 0.6) is 11.5 Å². The molecule has 1 aliphatic rings. The molecule has 29 heavy (non-hydrogen) atoms. The number of fused-ring (bicyclic) bond motifs is 1. The van der Waals surface area contributed by atoms with E-state index < -0.39 is 5.66 Å². The Morgan fingerprint density at radius 2 is 2.10 bits per heavy atom. The normalized spacial score (nSPS) is 14.6. The number of ether oxygens (including phenoxy) is 2. The Kier molecular flexibility index (Phi) is 5.59. The lowest BCUT2D eigenvalue weighted by Crippen LogP contribution is -2.55. The number of hydrogen-bond acceptors (Lipinski definition) is 8. The Morgan fingerprint density at radius 3 is 2.93 bits per heavy atom. The summed E-state index contributed by atoms with van der Waals surface area (Å²) in [6, 6.07) is 7.80. The Labute approximate surface area is 169 Å². The molecule has 0 amide bonds. The van der Waals surface area contributed by atoms with Crippen LogP contribution in [0.25, 0.3) is 5.82 Å². The lowest BCUT2D eigenvalue weighted by Gasteiger charge is -2.31. The van der Waals surface area contributed by atoms with E-state index in [0.29, 0.717) is 18.9 Å². The number of nitrogens with zero attached hydrogens (tertiary/aromatic N) is 4. The summed E-state index contributed by atoms with van der Waals surface area (Å²) in [7, 11) is 0. The summed E-state index contributed by atoms with van der Waals surface area (Å²) in [4.78, 5) is 12.7. The Morgan fingerprint density at radius 1 is 1.21 bits per heavy atom. The summed E-state index contributed by atoms with van der Waals surface area (Å²) < 4.78 is 12.6. The van der Waals surface area contributed by atoms with Crippen molar-refractivity contribution in [2.24, 2.45) is 5.73 Å². The first-order chi connectivity index (χ1) is 14.1. The van der Waals surface area contributed by atoms with Gasteiger partial charge in [0, 0.05) is 31.5 Å². The SMILES string of the molecule is CCCC(N)(CNCc1ccc2c(c1)OCO2)Nc1cc(-n2ccnc2)ncn1. The fourth-order valence-corrected chi connectivity index (χ4v) is 3.33. The van der Waals surface area contributed by atoms with Crippen LogP contribution >= 0.6 is 0 Å². The van der Waals surface area contributed by atoms with Crippen LogP contribution in [0.4, 0.5) is 5.82 Å². The van der Waals surface area contributed by atoms with Crippen molar-refractivity contribution in [1.82, 2.24) is 24.8 Å². The minimum Gasteiger partial charge on any atom is -0.454 e. The lowest BCUT2D eigenvalue weighted by molar-refractivity contribution is 0.174. The van der Waals surface area contributed by atoms with Crippen LogP contribution in [0, 0.1) is 0 Å². The van der Waals surface area contributed by atoms with Gasteiger partial charge in [-0.2, -0.15) is 0 Å². The Hall–Kier alpha value is -3.17. The number of benzene rings is 1. The number of aromatic nitrogens is 4. The van der Waals surface area contributed by atoms with E-state index >= 15 is 0 Å². The smallest absolute Gasteiger partial charge is 0.231 e. The number of nitrogens with one attached hydrogen (secondary N) is 2. The summed E-state index contributed by atoms with van der Waals surface area (Å²) >= 11 is 0. The molecule has 152 valence electrons. The first kappa shape index (κ1) is 19.2. The second-order valence-electron chi connectivity index (χ2n) is 7.05. The van der Waals surface area contributed by atoms with Crippen LogP contribution in [0.15, 0.2) is 49.3 Å². The highest BCUT2D eigenvalue weighted by Gasteiger charge is 2.24. The number of nitrogens with two attached hydrogens (primary N) is 1. The predicted octanol–water partition coefficient (Wildman–Crippen LogP) is 2.05. The lowest BCUT2D eigenvalue weighted by atomic mass is 10.0. The third-order valence-corrected chi connectivity index (χ3v) is 4.70. The van der Waals surface area contributed by atoms with Gasteiger partial charge in [0.1, 0.15) is 24.3 Å². The molecule has 1 aromatic carbocycles. The van der Waals surface area contributed by atoms with E-state index in [0.717, 1.165) is 35.7 Å². The summed E-state index contributed by atoms with van der Waals surface area (Å²) in [6.07, 6.45) is 8.48. The third kappa shape index (κ3) is 4.64. The van der Waals surface area contributed by atoms with E-state index in [9.17, 15) is 0 Å². The molecular formula is C20H25N7O2. The maximum atomic E-state index is 6.67. The van der Waals surface area contributed by atoms with E-state index in [4.69, 9.17) is 15.2 Å².